The van der Waals surface area contributed by atoms with Gasteiger partial charge in [-0.2, -0.15) is 0 Å². The van der Waals surface area contributed by atoms with Crippen molar-refractivity contribution in [2.75, 3.05) is 0 Å². The molecule has 0 spiro atoms. The monoisotopic (exact) mass is 232 g/mol. The summed E-state index contributed by atoms with van der Waals surface area (Å²) in [6.45, 7) is 1.46. The van der Waals surface area contributed by atoms with E-state index < -0.39 is 11.6 Å². The summed E-state index contributed by atoms with van der Waals surface area (Å²) in [4.78, 5) is 11.1. The molecule has 0 unspecified atom stereocenters. The third kappa shape index (κ3) is 2.23. The van der Waals surface area contributed by atoms with Crippen molar-refractivity contribution in [3.63, 3.8) is 0 Å². The van der Waals surface area contributed by atoms with Crippen molar-refractivity contribution in [2.45, 2.75) is 6.92 Å². The number of rotatable bonds is 2. The van der Waals surface area contributed by atoms with Gasteiger partial charge in [-0.05, 0) is 18.6 Å². The molecule has 0 amide bonds. The quantitative estimate of drug-likeness (QED) is 0.719. The number of carbonyl (C=O) groups is 1. The van der Waals surface area contributed by atoms with Crippen LogP contribution < -0.4 is 0 Å². The van der Waals surface area contributed by atoms with E-state index in [1.807, 2.05) is 0 Å². The molecule has 2 aromatic carbocycles. The number of ketones is 1. The lowest BCUT2D eigenvalue weighted by molar-refractivity contribution is 0.101. The molecule has 0 aliphatic rings. The summed E-state index contributed by atoms with van der Waals surface area (Å²) in [5.74, 6) is -1.81. The molecule has 0 radical (unpaired) electrons. The lowest BCUT2D eigenvalue weighted by atomic mass is 10.0. The zero-order chi connectivity index (χ0) is 12.4. The van der Waals surface area contributed by atoms with Crippen LogP contribution in [-0.2, 0) is 0 Å². The Bertz CT molecular complexity index is 559. The van der Waals surface area contributed by atoms with Gasteiger partial charge >= 0.3 is 0 Å². The number of benzene rings is 2. The lowest BCUT2D eigenvalue weighted by Crippen LogP contribution is -1.92. The van der Waals surface area contributed by atoms with E-state index in [9.17, 15) is 13.6 Å². The van der Waals surface area contributed by atoms with Crippen LogP contribution in [0.1, 0.15) is 17.3 Å². The Morgan fingerprint density at radius 3 is 2.24 bits per heavy atom. The lowest BCUT2D eigenvalue weighted by Gasteiger charge is -2.04. The van der Waals surface area contributed by atoms with Crippen molar-refractivity contribution in [2.24, 2.45) is 0 Å². The molecule has 0 N–H and O–H groups in total. The largest absolute Gasteiger partial charge is 0.295 e. The Balaban J connectivity index is 2.47. The van der Waals surface area contributed by atoms with Crippen LogP contribution in [0, 0.1) is 11.6 Å². The van der Waals surface area contributed by atoms with Gasteiger partial charge < -0.3 is 0 Å². The molecule has 0 atom stereocenters. The zero-order valence-electron chi connectivity index (χ0n) is 9.21. The average Bonchev–Trinajstić information content (AvgIpc) is 2.33. The smallest absolute Gasteiger partial charge is 0.166 e. The maximum atomic E-state index is 13.5. The second kappa shape index (κ2) is 4.45. The maximum Gasteiger partial charge on any atom is 0.166 e. The third-order valence-electron chi connectivity index (χ3n) is 2.55. The van der Waals surface area contributed by atoms with E-state index in [-0.39, 0.29) is 11.3 Å². The van der Waals surface area contributed by atoms with Gasteiger partial charge in [0.25, 0.3) is 0 Å². The molecule has 0 saturated carbocycles. The Morgan fingerprint density at radius 2 is 1.65 bits per heavy atom. The number of hydrogen-bond donors (Lipinski definition) is 0. The SMILES string of the molecule is CC(=O)c1ccc(-c2cccc(F)c2F)cc1. The van der Waals surface area contributed by atoms with Gasteiger partial charge in [0.1, 0.15) is 0 Å². The predicted octanol–water partition coefficient (Wildman–Crippen LogP) is 3.83. The molecule has 0 aromatic heterocycles. The van der Waals surface area contributed by atoms with Crippen molar-refractivity contribution < 1.29 is 13.6 Å². The molecule has 0 aliphatic heterocycles. The number of Topliss-reactive ketones (excluding diaryl/α,β-unsaturated/α-hetero) is 1. The molecule has 86 valence electrons. The van der Waals surface area contributed by atoms with E-state index in [2.05, 4.69) is 0 Å². The molecule has 0 saturated heterocycles. The van der Waals surface area contributed by atoms with Crippen molar-refractivity contribution in [3.8, 4) is 11.1 Å². The van der Waals surface area contributed by atoms with Gasteiger partial charge in [-0.25, -0.2) is 8.78 Å². The van der Waals surface area contributed by atoms with Crippen LogP contribution in [0.4, 0.5) is 8.78 Å². The minimum absolute atomic E-state index is 0.0590. The molecule has 2 aromatic rings. The first-order valence-corrected chi connectivity index (χ1v) is 5.15. The summed E-state index contributed by atoms with van der Waals surface area (Å²) in [6.07, 6.45) is 0. The van der Waals surface area contributed by atoms with E-state index in [0.717, 1.165) is 6.07 Å². The molecule has 2 rings (SSSR count). The highest BCUT2D eigenvalue weighted by molar-refractivity contribution is 5.94. The molecule has 3 heteroatoms. The minimum atomic E-state index is -0.877. The van der Waals surface area contributed by atoms with Gasteiger partial charge in [-0.1, -0.05) is 36.4 Å². The van der Waals surface area contributed by atoms with Gasteiger partial charge in [0, 0.05) is 11.1 Å². The number of hydrogen-bond acceptors (Lipinski definition) is 1. The van der Waals surface area contributed by atoms with Gasteiger partial charge in [0.2, 0.25) is 0 Å². The van der Waals surface area contributed by atoms with Crippen LogP contribution >= 0.6 is 0 Å². The Kier molecular flexibility index (Phi) is 3.00. The first-order chi connectivity index (χ1) is 8.09. The van der Waals surface area contributed by atoms with Crippen molar-refractivity contribution in [3.05, 3.63) is 59.7 Å². The number of halogens is 2. The van der Waals surface area contributed by atoms with E-state index in [0.29, 0.717) is 11.1 Å². The van der Waals surface area contributed by atoms with Gasteiger partial charge in [0.15, 0.2) is 17.4 Å². The highest BCUT2D eigenvalue weighted by Crippen LogP contribution is 2.24. The van der Waals surface area contributed by atoms with Crippen LogP contribution in [0.2, 0.25) is 0 Å². The molecule has 1 nitrogen and oxygen atoms in total. The molecule has 0 bridgehead atoms. The molecule has 0 aliphatic carbocycles. The summed E-state index contributed by atoms with van der Waals surface area (Å²) >= 11 is 0. The summed E-state index contributed by atoms with van der Waals surface area (Å²) in [5, 5.41) is 0. The van der Waals surface area contributed by atoms with Gasteiger partial charge in [0.05, 0.1) is 0 Å². The highest BCUT2D eigenvalue weighted by Gasteiger charge is 2.09. The summed E-state index contributed by atoms with van der Waals surface area (Å²) in [7, 11) is 0. The first kappa shape index (κ1) is 11.5. The minimum Gasteiger partial charge on any atom is -0.295 e. The van der Waals surface area contributed by atoms with Crippen molar-refractivity contribution >= 4 is 5.78 Å². The highest BCUT2D eigenvalue weighted by atomic mass is 19.2. The Hall–Kier alpha value is -2.03. The normalized spacial score (nSPS) is 10.3. The molecular formula is C14H10F2O. The van der Waals surface area contributed by atoms with E-state index >= 15 is 0 Å². The van der Waals surface area contributed by atoms with Crippen LogP contribution in [0.3, 0.4) is 0 Å². The van der Waals surface area contributed by atoms with Crippen LogP contribution in [-0.4, -0.2) is 5.78 Å². The Morgan fingerprint density at radius 1 is 1.00 bits per heavy atom. The molecule has 0 fully saturated rings. The fourth-order valence-electron chi connectivity index (χ4n) is 1.61. The second-order valence-corrected chi connectivity index (χ2v) is 3.73. The summed E-state index contributed by atoms with van der Waals surface area (Å²) in [6, 6.07) is 10.4. The maximum absolute atomic E-state index is 13.5. The van der Waals surface area contributed by atoms with Crippen LogP contribution in [0.15, 0.2) is 42.5 Å². The zero-order valence-corrected chi connectivity index (χ0v) is 9.21. The molecule has 17 heavy (non-hydrogen) atoms. The van der Waals surface area contributed by atoms with Crippen LogP contribution in [0.5, 0.6) is 0 Å². The van der Waals surface area contributed by atoms with Gasteiger partial charge in [-0.3, -0.25) is 4.79 Å². The second-order valence-electron chi connectivity index (χ2n) is 3.73. The van der Waals surface area contributed by atoms with Crippen LogP contribution in [0.25, 0.3) is 11.1 Å². The van der Waals surface area contributed by atoms with E-state index in [1.165, 1.54) is 19.1 Å². The van der Waals surface area contributed by atoms with E-state index in [1.54, 1.807) is 24.3 Å². The summed E-state index contributed by atoms with van der Waals surface area (Å²) in [5.41, 5.74) is 1.29. The van der Waals surface area contributed by atoms with E-state index in [4.69, 9.17) is 0 Å². The standard InChI is InChI=1S/C14H10F2O/c1-9(17)10-5-7-11(8-6-10)12-3-2-4-13(15)14(12)16/h2-8H,1H3. The summed E-state index contributed by atoms with van der Waals surface area (Å²) < 4.78 is 26.5. The third-order valence-corrected chi connectivity index (χ3v) is 2.55. The topological polar surface area (TPSA) is 17.1 Å². The molecular weight excluding hydrogens is 222 g/mol. The number of carbonyl (C=O) groups excluding carboxylic acids is 1. The first-order valence-electron chi connectivity index (χ1n) is 5.15. The van der Waals surface area contributed by atoms with Crippen molar-refractivity contribution in [1.82, 2.24) is 0 Å². The Labute approximate surface area is 97.7 Å². The molecule has 0 heterocycles. The predicted molar refractivity (Wildman–Crippen MR) is 61.8 cm³/mol. The van der Waals surface area contributed by atoms with Gasteiger partial charge in [-0.15, -0.1) is 0 Å². The van der Waals surface area contributed by atoms with Crippen molar-refractivity contribution in [1.29, 1.82) is 0 Å². The average molecular weight is 232 g/mol. The fourth-order valence-corrected chi connectivity index (χ4v) is 1.61. The fraction of sp³-hybridized carbons (Fsp3) is 0.0714.